The Morgan fingerprint density at radius 3 is 3.62 bits per heavy atom. The fraction of sp³-hybridized carbons (Fsp3) is 0.250. The molecule has 3 nitrogen and oxygen atoms in total. The lowest BCUT2D eigenvalue weighted by Crippen LogP contribution is -1.79. The molecule has 0 saturated heterocycles. The molecule has 8 heavy (non-hydrogen) atoms. The topological polar surface area (TPSA) is 35.3 Å². The molecule has 44 valence electrons. The van der Waals surface area contributed by atoms with Gasteiger partial charge in [-0.15, -0.1) is 0 Å². The smallest absolute Gasteiger partial charge is 0.394 e. The molecule has 0 aromatic carbocycles. The fourth-order valence-corrected chi connectivity index (χ4v) is 0.481. The number of nitrogens with zero attached hydrogens (tertiary/aromatic N) is 1. The minimum absolute atomic E-state index is 0.113. The van der Waals surface area contributed by atoms with Gasteiger partial charge in [-0.3, -0.25) is 0 Å². The van der Waals surface area contributed by atoms with E-state index in [2.05, 4.69) is 30.1 Å². The number of oxazole rings is 1. The third kappa shape index (κ3) is 1.01. The minimum atomic E-state index is -2.60. The first-order valence-electron chi connectivity index (χ1n) is 3.70. The average molecular weight is 182 g/mol. The van der Waals surface area contributed by atoms with E-state index in [9.17, 15) is 0 Å². The first-order valence-corrected chi connectivity index (χ1v) is 2.50. The van der Waals surface area contributed by atoms with Crippen molar-refractivity contribution >= 4 is 15.9 Å². The summed E-state index contributed by atoms with van der Waals surface area (Å²) in [6.45, 7) is 0. The second kappa shape index (κ2) is 2.17. The number of methoxy groups -OCH3 is 1. The predicted octanol–water partition coefficient (Wildman–Crippen LogP) is 1.45. The van der Waals surface area contributed by atoms with Crippen molar-refractivity contribution in [3.05, 3.63) is 10.8 Å². The summed E-state index contributed by atoms with van der Waals surface area (Å²) >= 11 is 2.87. The van der Waals surface area contributed by atoms with Crippen LogP contribution in [0.15, 0.2) is 15.3 Å². The van der Waals surface area contributed by atoms with Crippen LogP contribution in [0.4, 0.5) is 0 Å². The molecular formula is C4H4BrNO2. The largest absolute Gasteiger partial charge is 0.453 e. The van der Waals surface area contributed by atoms with E-state index in [0.717, 1.165) is 0 Å². The Bertz CT molecular complexity index is 264. The molecule has 0 unspecified atom stereocenters. The van der Waals surface area contributed by atoms with Crippen molar-refractivity contribution in [1.29, 1.82) is 0 Å². The molecule has 0 bridgehead atoms. The van der Waals surface area contributed by atoms with Crippen LogP contribution in [-0.2, 0) is 0 Å². The highest BCUT2D eigenvalue weighted by Gasteiger charge is 1.96. The van der Waals surface area contributed by atoms with E-state index in [0.29, 0.717) is 0 Å². The Balaban J connectivity index is 2.77. The first-order chi connectivity index (χ1) is 5.38. The molecule has 0 aliphatic rings. The summed E-state index contributed by atoms with van der Waals surface area (Å²) in [7, 11) is -2.60. The van der Waals surface area contributed by atoms with E-state index in [-0.39, 0.29) is 10.8 Å². The molecule has 0 atom stereocenters. The Morgan fingerprint density at radius 2 is 3.12 bits per heavy atom. The summed E-state index contributed by atoms with van der Waals surface area (Å²) in [5.74, 6) is 0. The fourth-order valence-electron chi connectivity index (χ4n) is 0.255. The highest BCUT2D eigenvalue weighted by atomic mass is 79.9. The molecule has 0 N–H and O–H groups in total. The molecule has 0 aliphatic carbocycles. The highest BCUT2D eigenvalue weighted by Crippen LogP contribution is 2.13. The SMILES string of the molecule is [2H]c1oc(OC([2H])([2H])[2H])nc1Br. The molecular weight excluding hydrogens is 174 g/mol. The summed E-state index contributed by atoms with van der Waals surface area (Å²) in [5, 5.41) is 0. The van der Waals surface area contributed by atoms with E-state index >= 15 is 0 Å². The van der Waals surface area contributed by atoms with Gasteiger partial charge in [-0.05, 0) is 15.9 Å². The van der Waals surface area contributed by atoms with Crippen molar-refractivity contribution in [1.82, 2.24) is 4.98 Å². The third-order valence-corrected chi connectivity index (χ3v) is 0.839. The molecule has 1 heterocycles. The lowest BCUT2D eigenvalue weighted by atomic mass is 11.0. The normalized spacial score (nSPS) is 18.1. The van der Waals surface area contributed by atoms with Gasteiger partial charge < -0.3 is 9.15 Å². The van der Waals surface area contributed by atoms with E-state index < -0.39 is 13.1 Å². The van der Waals surface area contributed by atoms with Gasteiger partial charge in [0, 0.05) is 0 Å². The van der Waals surface area contributed by atoms with Gasteiger partial charge in [0.25, 0.3) is 0 Å². The van der Waals surface area contributed by atoms with Crippen LogP contribution < -0.4 is 4.74 Å². The first kappa shape index (κ1) is 2.39. The Hall–Kier alpha value is -0.510. The van der Waals surface area contributed by atoms with Crippen LogP contribution >= 0.6 is 15.9 Å². The van der Waals surface area contributed by atoms with Crippen LogP contribution in [0.2, 0.25) is 0 Å². The van der Waals surface area contributed by atoms with Gasteiger partial charge in [0.05, 0.1) is 11.2 Å². The van der Waals surface area contributed by atoms with Crippen LogP contribution in [0.25, 0.3) is 0 Å². The van der Waals surface area contributed by atoms with E-state index in [1.54, 1.807) is 0 Å². The van der Waals surface area contributed by atoms with E-state index in [4.69, 9.17) is 5.48 Å². The van der Waals surface area contributed by atoms with Crippen LogP contribution in [0.1, 0.15) is 5.48 Å². The Morgan fingerprint density at radius 1 is 2.25 bits per heavy atom. The molecule has 4 heteroatoms. The van der Waals surface area contributed by atoms with Crippen molar-refractivity contribution in [2.75, 3.05) is 7.04 Å². The number of halogens is 1. The minimum Gasteiger partial charge on any atom is -0.453 e. The maximum absolute atomic E-state index is 7.01. The zero-order valence-corrected chi connectivity index (χ0v) is 5.23. The molecule has 0 fully saturated rings. The van der Waals surface area contributed by atoms with Gasteiger partial charge in [0.1, 0.15) is 12.2 Å². The number of hydrogen-bond donors (Lipinski definition) is 0. The summed E-state index contributed by atoms with van der Waals surface area (Å²) in [6.07, 6.45) is -0.707. The summed E-state index contributed by atoms with van der Waals surface area (Å²) < 4.78 is 36.0. The van der Waals surface area contributed by atoms with Gasteiger partial charge in [-0.25, -0.2) is 0 Å². The lowest BCUT2D eigenvalue weighted by Gasteiger charge is -1.83. The van der Waals surface area contributed by atoms with Crippen LogP contribution in [-0.4, -0.2) is 12.0 Å². The van der Waals surface area contributed by atoms with Crippen LogP contribution in [0, 0.1) is 0 Å². The standard InChI is InChI=1S/C4H4BrNO2/c1-7-4-6-3(5)2-8-4/h2H,1H3/i1D3,2D. The van der Waals surface area contributed by atoms with Crippen molar-refractivity contribution in [3.63, 3.8) is 0 Å². The third-order valence-electron chi connectivity index (χ3n) is 0.499. The van der Waals surface area contributed by atoms with Crippen molar-refractivity contribution in [2.24, 2.45) is 0 Å². The van der Waals surface area contributed by atoms with Crippen LogP contribution in [0.5, 0.6) is 6.08 Å². The summed E-state index contributed by atoms with van der Waals surface area (Å²) in [4.78, 5) is 3.48. The van der Waals surface area contributed by atoms with E-state index in [1.165, 1.54) is 0 Å². The quantitative estimate of drug-likeness (QED) is 0.659. The van der Waals surface area contributed by atoms with Gasteiger partial charge in [0.15, 0.2) is 0 Å². The zero-order chi connectivity index (χ0) is 9.35. The van der Waals surface area contributed by atoms with Gasteiger partial charge >= 0.3 is 6.08 Å². The summed E-state index contributed by atoms with van der Waals surface area (Å²) in [6, 6.07) is 0. The van der Waals surface area contributed by atoms with E-state index in [1.807, 2.05) is 0 Å². The molecule has 0 amide bonds. The molecule has 1 aromatic rings. The predicted molar refractivity (Wildman–Crippen MR) is 30.8 cm³/mol. The van der Waals surface area contributed by atoms with Crippen LogP contribution in [0.3, 0.4) is 0 Å². The highest BCUT2D eigenvalue weighted by molar-refractivity contribution is 9.10. The second-order valence-electron chi connectivity index (χ2n) is 0.975. The lowest BCUT2D eigenvalue weighted by molar-refractivity contribution is 0.290. The second-order valence-corrected chi connectivity index (χ2v) is 1.73. The zero-order valence-electron chi connectivity index (χ0n) is 7.64. The maximum Gasteiger partial charge on any atom is 0.394 e. The van der Waals surface area contributed by atoms with Gasteiger partial charge in [-0.2, -0.15) is 4.98 Å². The van der Waals surface area contributed by atoms with Crippen molar-refractivity contribution < 1.29 is 14.6 Å². The monoisotopic (exact) mass is 181 g/mol. The molecule has 0 saturated carbocycles. The van der Waals surface area contributed by atoms with Gasteiger partial charge in [-0.1, -0.05) is 0 Å². The molecule has 0 aliphatic heterocycles. The molecule has 1 rings (SSSR count). The Labute approximate surface area is 60.4 Å². The molecule has 0 spiro atoms. The van der Waals surface area contributed by atoms with Crippen molar-refractivity contribution in [2.45, 2.75) is 0 Å². The maximum atomic E-state index is 7.01. The number of rotatable bonds is 1. The molecule has 1 aromatic heterocycles. The number of hydrogen-bond acceptors (Lipinski definition) is 3. The molecule has 0 radical (unpaired) electrons. The number of ether oxygens (including phenoxy) is 1. The van der Waals surface area contributed by atoms with Gasteiger partial charge in [0.2, 0.25) is 0 Å². The van der Waals surface area contributed by atoms with Crippen molar-refractivity contribution in [3.8, 4) is 6.08 Å². The Kier molecular flexibility index (Phi) is 0.649. The summed E-state index contributed by atoms with van der Waals surface area (Å²) in [5.41, 5.74) is 0. The number of aromatic nitrogens is 1. The average Bonchev–Trinajstić information content (AvgIpc) is 2.07.